The Morgan fingerprint density at radius 2 is 1.96 bits per heavy atom. The zero-order chi connectivity index (χ0) is 19.2. The van der Waals surface area contributed by atoms with Crippen molar-refractivity contribution in [1.29, 1.82) is 0 Å². The molecule has 0 aliphatic carbocycles. The summed E-state index contributed by atoms with van der Waals surface area (Å²) in [6, 6.07) is 4.93. The molecular formula is C17H19FN4O4S. The van der Waals surface area contributed by atoms with E-state index in [1.165, 1.54) is 11.2 Å². The Hall–Kier alpha value is -2.46. The summed E-state index contributed by atoms with van der Waals surface area (Å²) >= 11 is 0. The molecule has 8 nitrogen and oxygen atoms in total. The summed E-state index contributed by atoms with van der Waals surface area (Å²) in [6.45, 7) is 3.18. The zero-order valence-electron chi connectivity index (χ0n) is 14.7. The fourth-order valence-electron chi connectivity index (χ4n) is 3.32. The summed E-state index contributed by atoms with van der Waals surface area (Å²) in [4.78, 5) is 20.0. The van der Waals surface area contributed by atoms with Gasteiger partial charge in [-0.2, -0.15) is 8.70 Å². The number of rotatable bonds is 3. The molecule has 1 fully saturated rings. The lowest BCUT2D eigenvalue weighted by Gasteiger charge is -2.34. The molecule has 1 N–H and O–H groups in total. The maximum atomic E-state index is 13.5. The van der Waals surface area contributed by atoms with Crippen LogP contribution in [0.4, 0.5) is 10.3 Å². The van der Waals surface area contributed by atoms with Crippen molar-refractivity contribution < 1.29 is 17.5 Å². The van der Waals surface area contributed by atoms with Gasteiger partial charge in [0.1, 0.15) is 5.75 Å². The van der Waals surface area contributed by atoms with Crippen LogP contribution in [0.15, 0.2) is 27.9 Å². The van der Waals surface area contributed by atoms with Crippen molar-refractivity contribution in [2.75, 3.05) is 37.7 Å². The van der Waals surface area contributed by atoms with Crippen LogP contribution in [0.5, 0.6) is 5.75 Å². The van der Waals surface area contributed by atoms with Crippen LogP contribution < -0.4 is 15.2 Å². The van der Waals surface area contributed by atoms with Crippen LogP contribution in [-0.4, -0.2) is 55.5 Å². The number of fused-ring (bicyclic) bond motifs is 1. The fraction of sp³-hybridized carbons (Fsp3) is 0.412. The third-order valence-corrected chi connectivity index (χ3v) is 6.75. The molecule has 3 heterocycles. The molecule has 0 atom stereocenters. The maximum absolute atomic E-state index is 13.5. The third-order valence-electron chi connectivity index (χ3n) is 4.85. The SMILES string of the molecule is Cc1nc(N2CCN(S(=O)(=O)c3ccc4c(c3)CCO4)CC2)[nH]c(=O)c1F. The number of ether oxygens (including phenoxy) is 1. The van der Waals surface area contributed by atoms with E-state index in [2.05, 4.69) is 9.97 Å². The lowest BCUT2D eigenvalue weighted by Crippen LogP contribution is -2.49. The number of aromatic nitrogens is 2. The minimum Gasteiger partial charge on any atom is -0.493 e. The van der Waals surface area contributed by atoms with Crippen LogP contribution in [0.2, 0.25) is 0 Å². The van der Waals surface area contributed by atoms with E-state index in [0.717, 1.165) is 11.3 Å². The van der Waals surface area contributed by atoms with Gasteiger partial charge >= 0.3 is 0 Å². The molecule has 2 aromatic rings. The molecule has 2 aliphatic rings. The normalized spacial score (nSPS) is 17.6. The number of anilines is 1. The number of halogens is 1. The Morgan fingerprint density at radius 3 is 2.67 bits per heavy atom. The van der Waals surface area contributed by atoms with E-state index >= 15 is 0 Å². The number of H-pyrrole nitrogens is 1. The van der Waals surface area contributed by atoms with Gasteiger partial charge in [-0.15, -0.1) is 0 Å². The summed E-state index contributed by atoms with van der Waals surface area (Å²) in [6.07, 6.45) is 0.704. The number of benzene rings is 1. The molecule has 0 amide bonds. The first-order chi connectivity index (χ1) is 12.9. The van der Waals surface area contributed by atoms with Crippen molar-refractivity contribution in [3.63, 3.8) is 0 Å². The Bertz CT molecular complexity index is 1050. The van der Waals surface area contributed by atoms with Crippen molar-refractivity contribution >= 4 is 16.0 Å². The maximum Gasteiger partial charge on any atom is 0.288 e. The monoisotopic (exact) mass is 394 g/mol. The molecule has 0 spiro atoms. The molecule has 1 aromatic heterocycles. The van der Waals surface area contributed by atoms with Gasteiger partial charge in [0, 0.05) is 32.6 Å². The smallest absolute Gasteiger partial charge is 0.288 e. The van der Waals surface area contributed by atoms with E-state index in [1.54, 1.807) is 23.1 Å². The van der Waals surface area contributed by atoms with Gasteiger partial charge in [-0.1, -0.05) is 0 Å². The van der Waals surface area contributed by atoms with Crippen molar-refractivity contribution in [3.8, 4) is 5.75 Å². The minimum atomic E-state index is -3.61. The lowest BCUT2D eigenvalue weighted by atomic mass is 10.2. The molecule has 144 valence electrons. The van der Waals surface area contributed by atoms with Gasteiger partial charge in [-0.25, -0.2) is 13.4 Å². The molecular weight excluding hydrogens is 375 g/mol. The van der Waals surface area contributed by atoms with Crippen LogP contribution >= 0.6 is 0 Å². The van der Waals surface area contributed by atoms with E-state index in [0.29, 0.717) is 26.1 Å². The predicted octanol–water partition coefficient (Wildman–Crippen LogP) is 0.663. The topological polar surface area (TPSA) is 95.6 Å². The highest BCUT2D eigenvalue weighted by Gasteiger charge is 2.30. The fourth-order valence-corrected chi connectivity index (χ4v) is 4.79. The molecule has 0 saturated carbocycles. The molecule has 27 heavy (non-hydrogen) atoms. The number of hydrogen-bond acceptors (Lipinski definition) is 6. The Kier molecular flexibility index (Phi) is 4.39. The first-order valence-corrected chi connectivity index (χ1v) is 10.1. The minimum absolute atomic E-state index is 0.0177. The van der Waals surface area contributed by atoms with Crippen molar-refractivity contribution in [3.05, 3.63) is 45.6 Å². The second-order valence-corrected chi connectivity index (χ2v) is 8.49. The number of hydrogen-bond donors (Lipinski definition) is 1. The predicted molar refractivity (Wildman–Crippen MR) is 96.2 cm³/mol. The van der Waals surface area contributed by atoms with E-state index in [1.807, 2.05) is 0 Å². The molecule has 2 aliphatic heterocycles. The van der Waals surface area contributed by atoms with Gasteiger partial charge in [0.25, 0.3) is 5.56 Å². The Morgan fingerprint density at radius 1 is 1.22 bits per heavy atom. The highest BCUT2D eigenvalue weighted by Crippen LogP contribution is 2.29. The van der Waals surface area contributed by atoms with Gasteiger partial charge < -0.3 is 9.64 Å². The second kappa shape index (κ2) is 6.61. The number of piperazine rings is 1. The molecule has 1 saturated heterocycles. The number of nitrogens with zero attached hydrogens (tertiary/aromatic N) is 3. The van der Waals surface area contributed by atoms with Crippen molar-refractivity contribution in [1.82, 2.24) is 14.3 Å². The van der Waals surface area contributed by atoms with Gasteiger partial charge in [0.05, 0.1) is 17.2 Å². The van der Waals surface area contributed by atoms with Gasteiger partial charge in [-0.3, -0.25) is 9.78 Å². The third kappa shape index (κ3) is 3.19. The van der Waals surface area contributed by atoms with E-state index in [9.17, 15) is 17.6 Å². The van der Waals surface area contributed by atoms with E-state index < -0.39 is 21.4 Å². The number of nitrogens with one attached hydrogen (secondary N) is 1. The van der Waals surface area contributed by atoms with Gasteiger partial charge in [0.15, 0.2) is 0 Å². The summed E-state index contributed by atoms with van der Waals surface area (Å²) in [7, 11) is -3.61. The Labute approximate surface area is 155 Å². The summed E-state index contributed by atoms with van der Waals surface area (Å²) in [5.41, 5.74) is 0.0929. The van der Waals surface area contributed by atoms with Gasteiger partial charge in [-0.05, 0) is 30.7 Å². The zero-order valence-corrected chi connectivity index (χ0v) is 15.6. The highest BCUT2D eigenvalue weighted by atomic mass is 32.2. The lowest BCUT2D eigenvalue weighted by molar-refractivity contribution is 0.356. The largest absolute Gasteiger partial charge is 0.493 e. The van der Waals surface area contributed by atoms with Crippen LogP contribution in [0.3, 0.4) is 0 Å². The molecule has 0 radical (unpaired) electrons. The van der Waals surface area contributed by atoms with Gasteiger partial charge in [0.2, 0.25) is 21.8 Å². The molecule has 0 bridgehead atoms. The quantitative estimate of drug-likeness (QED) is 0.822. The van der Waals surface area contributed by atoms with Crippen molar-refractivity contribution in [2.24, 2.45) is 0 Å². The summed E-state index contributed by atoms with van der Waals surface area (Å²) < 4.78 is 46.1. The van der Waals surface area contributed by atoms with E-state index in [-0.39, 0.29) is 29.6 Å². The van der Waals surface area contributed by atoms with Crippen molar-refractivity contribution in [2.45, 2.75) is 18.2 Å². The first kappa shape index (κ1) is 17.9. The number of sulfonamides is 1. The number of aryl methyl sites for hydroxylation is 1. The molecule has 0 unspecified atom stereocenters. The summed E-state index contributed by atoms with van der Waals surface area (Å²) in [5.74, 6) is 0.0895. The average Bonchev–Trinajstić information content (AvgIpc) is 3.13. The highest BCUT2D eigenvalue weighted by molar-refractivity contribution is 7.89. The second-order valence-electron chi connectivity index (χ2n) is 6.55. The Balaban J connectivity index is 1.51. The van der Waals surface area contributed by atoms with Crippen LogP contribution in [0.25, 0.3) is 0 Å². The summed E-state index contributed by atoms with van der Waals surface area (Å²) in [5, 5.41) is 0. The van der Waals surface area contributed by atoms with E-state index in [4.69, 9.17) is 4.74 Å². The van der Waals surface area contributed by atoms with Crippen LogP contribution in [0, 0.1) is 12.7 Å². The van der Waals surface area contributed by atoms with Crippen LogP contribution in [-0.2, 0) is 16.4 Å². The van der Waals surface area contributed by atoms with Crippen LogP contribution in [0.1, 0.15) is 11.3 Å². The number of aromatic amines is 1. The first-order valence-electron chi connectivity index (χ1n) is 8.63. The molecule has 1 aromatic carbocycles. The molecule has 10 heteroatoms. The average molecular weight is 394 g/mol. The standard InChI is InChI=1S/C17H19FN4O4S/c1-11-15(18)16(23)20-17(19-11)21-5-7-22(8-6-21)27(24,25)13-2-3-14-12(10-13)4-9-26-14/h2-3,10H,4-9H2,1H3,(H,19,20,23). The molecule has 4 rings (SSSR count).